The van der Waals surface area contributed by atoms with E-state index in [9.17, 15) is 13.2 Å². The van der Waals surface area contributed by atoms with Gasteiger partial charge in [-0.2, -0.15) is 5.10 Å². The fraction of sp³-hybridized carbons (Fsp3) is 0.600. The Labute approximate surface area is 167 Å². The lowest BCUT2D eigenvalue weighted by atomic mass is 10.1. The second-order valence-electron chi connectivity index (χ2n) is 7.97. The van der Waals surface area contributed by atoms with Crippen LogP contribution >= 0.6 is 0 Å². The molecular formula is C20H30N4O3S. The van der Waals surface area contributed by atoms with Gasteiger partial charge in [0.15, 0.2) is 9.84 Å². The summed E-state index contributed by atoms with van der Waals surface area (Å²) in [6.45, 7) is 4.29. The van der Waals surface area contributed by atoms with Crippen molar-refractivity contribution in [2.24, 2.45) is 5.10 Å². The molecule has 7 nitrogen and oxygen atoms in total. The Morgan fingerprint density at radius 1 is 1.21 bits per heavy atom. The second-order valence-corrected chi connectivity index (χ2v) is 10.2. The summed E-state index contributed by atoms with van der Waals surface area (Å²) >= 11 is 0. The van der Waals surface area contributed by atoms with Crippen LogP contribution in [0.2, 0.25) is 0 Å². The molecule has 0 bridgehead atoms. The third-order valence-corrected chi connectivity index (χ3v) is 7.05. The van der Waals surface area contributed by atoms with Gasteiger partial charge >= 0.3 is 0 Å². The van der Waals surface area contributed by atoms with Crippen LogP contribution in [0.5, 0.6) is 0 Å². The Kier molecular flexibility index (Phi) is 6.40. The van der Waals surface area contributed by atoms with Crippen LogP contribution in [0.4, 0.5) is 5.69 Å². The summed E-state index contributed by atoms with van der Waals surface area (Å²) in [4.78, 5) is 17.0. The van der Waals surface area contributed by atoms with Crippen molar-refractivity contribution < 1.29 is 13.2 Å². The predicted molar refractivity (Wildman–Crippen MR) is 113 cm³/mol. The third kappa shape index (κ3) is 5.11. The molecule has 2 aliphatic heterocycles. The minimum atomic E-state index is -3.05. The van der Waals surface area contributed by atoms with Crippen molar-refractivity contribution in [2.75, 3.05) is 50.2 Å². The largest absolute Gasteiger partial charge is 0.335 e. The van der Waals surface area contributed by atoms with Crippen molar-refractivity contribution in [1.29, 1.82) is 0 Å². The smallest absolute Gasteiger partial charge is 0.254 e. The van der Waals surface area contributed by atoms with Gasteiger partial charge in [-0.25, -0.2) is 8.42 Å². The molecule has 1 saturated heterocycles. The van der Waals surface area contributed by atoms with E-state index >= 15 is 0 Å². The Morgan fingerprint density at radius 3 is 2.46 bits per heavy atom. The van der Waals surface area contributed by atoms with E-state index in [0.29, 0.717) is 18.5 Å². The number of amides is 1. The fourth-order valence-electron chi connectivity index (χ4n) is 3.73. The first-order valence-corrected chi connectivity index (χ1v) is 11.6. The van der Waals surface area contributed by atoms with Gasteiger partial charge in [-0.3, -0.25) is 9.80 Å². The molecule has 2 aliphatic rings. The number of sulfone groups is 1. The number of hydrogen-bond acceptors (Lipinski definition) is 6. The highest BCUT2D eigenvalue weighted by Crippen LogP contribution is 2.23. The number of rotatable bonds is 7. The van der Waals surface area contributed by atoms with Gasteiger partial charge in [0.2, 0.25) is 0 Å². The Hall–Kier alpha value is -1.93. The van der Waals surface area contributed by atoms with Crippen molar-refractivity contribution in [3.05, 3.63) is 29.8 Å². The zero-order valence-corrected chi connectivity index (χ0v) is 17.8. The summed E-state index contributed by atoms with van der Waals surface area (Å²) in [6, 6.07) is 7.24. The average molecular weight is 407 g/mol. The first kappa shape index (κ1) is 20.8. The van der Waals surface area contributed by atoms with E-state index in [1.54, 1.807) is 4.90 Å². The van der Waals surface area contributed by atoms with E-state index in [0.717, 1.165) is 37.3 Å². The molecular weight excluding hydrogens is 376 g/mol. The molecule has 1 aromatic rings. The molecule has 0 aromatic heterocycles. The summed E-state index contributed by atoms with van der Waals surface area (Å²) in [7, 11) is 0.941. The highest BCUT2D eigenvalue weighted by Gasteiger charge is 2.34. The van der Waals surface area contributed by atoms with Gasteiger partial charge in [0.25, 0.3) is 5.91 Å². The molecule has 3 rings (SSSR count). The molecule has 1 unspecified atom stereocenters. The van der Waals surface area contributed by atoms with Crippen LogP contribution in [-0.2, 0) is 9.84 Å². The maximum Gasteiger partial charge on any atom is 0.254 e. The molecule has 0 saturated carbocycles. The van der Waals surface area contributed by atoms with Crippen molar-refractivity contribution in [2.45, 2.75) is 32.2 Å². The van der Waals surface area contributed by atoms with Gasteiger partial charge in [-0.05, 0) is 64.7 Å². The number of carbonyl (C=O) groups is 1. The minimum Gasteiger partial charge on any atom is -0.335 e. The molecule has 0 N–H and O–H groups in total. The van der Waals surface area contributed by atoms with Gasteiger partial charge < -0.3 is 9.80 Å². The Balaban J connectivity index is 1.74. The first-order valence-electron chi connectivity index (χ1n) is 9.83. The molecule has 154 valence electrons. The zero-order chi connectivity index (χ0) is 20.3. The molecule has 0 radical (unpaired) electrons. The molecule has 0 aliphatic carbocycles. The second kappa shape index (κ2) is 8.61. The molecule has 8 heteroatoms. The van der Waals surface area contributed by atoms with Crippen LogP contribution in [0.25, 0.3) is 0 Å². The van der Waals surface area contributed by atoms with E-state index in [-0.39, 0.29) is 23.5 Å². The Bertz CT molecular complexity index is 834. The van der Waals surface area contributed by atoms with E-state index in [1.165, 1.54) is 0 Å². The van der Waals surface area contributed by atoms with Crippen molar-refractivity contribution in [1.82, 2.24) is 9.80 Å². The topological polar surface area (TPSA) is 73.3 Å². The zero-order valence-electron chi connectivity index (χ0n) is 17.0. The lowest BCUT2D eigenvalue weighted by Gasteiger charge is -2.29. The molecule has 28 heavy (non-hydrogen) atoms. The molecule has 1 atom stereocenters. The number of hydrazone groups is 1. The summed E-state index contributed by atoms with van der Waals surface area (Å²) in [5, 5.41) is 6.43. The standard InChI is InChI=1S/C20H30N4O3S/c1-16-9-13-24(21-16)18-7-5-17(6-8-18)20(25)23(12-4-11-22(2)3)19-10-14-28(26,27)15-19/h5-8,19H,4,9-15H2,1-3H3. The van der Waals surface area contributed by atoms with Crippen LogP contribution in [0.3, 0.4) is 0 Å². The van der Waals surface area contributed by atoms with Crippen molar-refractivity contribution >= 4 is 27.1 Å². The van der Waals surface area contributed by atoms with Gasteiger partial charge in [-0.1, -0.05) is 0 Å². The maximum atomic E-state index is 13.2. The number of hydrogen-bond donors (Lipinski definition) is 0. The monoisotopic (exact) mass is 406 g/mol. The summed E-state index contributed by atoms with van der Waals surface area (Å²) in [6.07, 6.45) is 2.29. The lowest BCUT2D eigenvalue weighted by Crippen LogP contribution is -2.42. The van der Waals surface area contributed by atoms with E-state index in [1.807, 2.05) is 50.3 Å². The molecule has 1 fully saturated rings. The fourth-order valence-corrected chi connectivity index (χ4v) is 5.46. The van der Waals surface area contributed by atoms with Crippen LogP contribution in [0, 0.1) is 0 Å². The predicted octanol–water partition coefficient (Wildman–Crippen LogP) is 1.85. The van der Waals surface area contributed by atoms with Crippen LogP contribution in [0.15, 0.2) is 29.4 Å². The summed E-state index contributed by atoms with van der Waals surface area (Å²) in [5.74, 6) is 0.148. The molecule has 1 amide bonds. The number of benzene rings is 1. The normalized spacial score (nSPS) is 21.2. The van der Waals surface area contributed by atoms with Crippen LogP contribution in [0.1, 0.15) is 36.5 Å². The minimum absolute atomic E-state index is 0.0700. The Morgan fingerprint density at radius 2 is 1.93 bits per heavy atom. The average Bonchev–Trinajstić information content (AvgIpc) is 3.23. The van der Waals surface area contributed by atoms with E-state index in [2.05, 4.69) is 10.0 Å². The van der Waals surface area contributed by atoms with Crippen LogP contribution < -0.4 is 5.01 Å². The molecule has 2 heterocycles. The van der Waals surface area contributed by atoms with Crippen molar-refractivity contribution in [3.8, 4) is 0 Å². The highest BCUT2D eigenvalue weighted by atomic mass is 32.2. The van der Waals surface area contributed by atoms with Gasteiger partial charge in [-0.15, -0.1) is 0 Å². The number of nitrogens with zero attached hydrogens (tertiary/aromatic N) is 4. The van der Waals surface area contributed by atoms with E-state index in [4.69, 9.17) is 0 Å². The van der Waals surface area contributed by atoms with Gasteiger partial charge in [0.1, 0.15) is 0 Å². The third-order valence-electron chi connectivity index (χ3n) is 5.30. The highest BCUT2D eigenvalue weighted by molar-refractivity contribution is 7.91. The number of anilines is 1. The van der Waals surface area contributed by atoms with Gasteiger partial charge in [0, 0.05) is 36.8 Å². The lowest BCUT2D eigenvalue weighted by molar-refractivity contribution is 0.0690. The van der Waals surface area contributed by atoms with Crippen LogP contribution in [-0.4, -0.2) is 81.1 Å². The van der Waals surface area contributed by atoms with Gasteiger partial charge in [0.05, 0.1) is 17.2 Å². The van der Waals surface area contributed by atoms with Crippen molar-refractivity contribution in [3.63, 3.8) is 0 Å². The maximum absolute atomic E-state index is 13.2. The molecule has 1 aromatic carbocycles. The number of carbonyl (C=O) groups excluding carboxylic acids is 1. The first-order chi connectivity index (χ1) is 13.2. The molecule has 0 spiro atoms. The van der Waals surface area contributed by atoms with E-state index < -0.39 is 9.84 Å². The summed E-state index contributed by atoms with van der Waals surface area (Å²) < 4.78 is 23.9. The SMILES string of the molecule is CC1=NN(c2ccc(C(=O)N(CCCN(C)C)C3CCS(=O)(=O)C3)cc2)CC1. The quantitative estimate of drug-likeness (QED) is 0.691. The summed E-state index contributed by atoms with van der Waals surface area (Å²) in [5.41, 5.74) is 2.67.